The average Bonchev–Trinajstić information content (AvgIpc) is 3.10. The predicted molar refractivity (Wildman–Crippen MR) is 112 cm³/mol. The van der Waals surface area contributed by atoms with Crippen LogP contribution in [0.25, 0.3) is 10.9 Å². The van der Waals surface area contributed by atoms with Crippen molar-refractivity contribution in [2.75, 3.05) is 10.6 Å². The molecule has 0 saturated carbocycles. The second kappa shape index (κ2) is 9.05. The van der Waals surface area contributed by atoms with Gasteiger partial charge >= 0.3 is 5.97 Å². The molecule has 29 heavy (non-hydrogen) atoms. The van der Waals surface area contributed by atoms with E-state index < -0.39 is 18.0 Å². The number of benzene rings is 2. The van der Waals surface area contributed by atoms with E-state index in [1.54, 1.807) is 24.3 Å². The molecule has 1 heterocycles. The van der Waals surface area contributed by atoms with E-state index in [1.165, 1.54) is 13.8 Å². The highest BCUT2D eigenvalue weighted by atomic mass is 16.5. The maximum atomic E-state index is 12.3. The number of anilines is 2. The van der Waals surface area contributed by atoms with Crippen molar-refractivity contribution in [3.63, 3.8) is 0 Å². The molecule has 1 aromatic heterocycles. The first-order valence-corrected chi connectivity index (χ1v) is 9.35. The van der Waals surface area contributed by atoms with Gasteiger partial charge in [0.15, 0.2) is 6.10 Å². The van der Waals surface area contributed by atoms with Gasteiger partial charge in [0.25, 0.3) is 5.91 Å². The Hall–Kier alpha value is -3.61. The number of fused-ring (bicyclic) bond motifs is 1. The zero-order chi connectivity index (χ0) is 20.8. The van der Waals surface area contributed by atoms with Crippen LogP contribution in [0, 0.1) is 0 Å². The molecule has 1 atom stereocenters. The number of H-pyrrole nitrogens is 1. The van der Waals surface area contributed by atoms with Gasteiger partial charge in [-0.25, -0.2) is 0 Å². The van der Waals surface area contributed by atoms with Crippen molar-refractivity contribution in [2.45, 2.75) is 32.8 Å². The summed E-state index contributed by atoms with van der Waals surface area (Å²) in [5, 5.41) is 6.41. The first-order valence-electron chi connectivity index (χ1n) is 9.35. The molecule has 3 rings (SSSR count). The molecule has 0 saturated heterocycles. The molecule has 3 N–H and O–H groups in total. The normalized spacial score (nSPS) is 11.7. The number of rotatable bonds is 7. The van der Waals surface area contributed by atoms with Gasteiger partial charge < -0.3 is 20.4 Å². The Bertz CT molecular complexity index is 1020. The Balaban J connectivity index is 1.48. The van der Waals surface area contributed by atoms with Gasteiger partial charge in [0.2, 0.25) is 5.91 Å². The summed E-state index contributed by atoms with van der Waals surface area (Å²) in [6.45, 7) is 2.95. The molecule has 0 spiro atoms. The molecular formula is C22H23N3O4. The Labute approximate surface area is 168 Å². The number of hydrogen-bond acceptors (Lipinski definition) is 4. The van der Waals surface area contributed by atoms with Crippen molar-refractivity contribution in [3.05, 3.63) is 60.3 Å². The van der Waals surface area contributed by atoms with Crippen molar-refractivity contribution < 1.29 is 19.1 Å². The van der Waals surface area contributed by atoms with Crippen LogP contribution >= 0.6 is 0 Å². The third kappa shape index (κ3) is 5.44. The summed E-state index contributed by atoms with van der Waals surface area (Å²) in [5.41, 5.74) is 3.24. The summed E-state index contributed by atoms with van der Waals surface area (Å²) in [6.07, 6.45) is 1.69. The lowest BCUT2D eigenvalue weighted by Gasteiger charge is -2.14. The quantitative estimate of drug-likeness (QED) is 0.534. The van der Waals surface area contributed by atoms with E-state index in [0.717, 1.165) is 16.5 Å². The van der Waals surface area contributed by atoms with E-state index >= 15 is 0 Å². The van der Waals surface area contributed by atoms with Crippen LogP contribution in [0.3, 0.4) is 0 Å². The van der Waals surface area contributed by atoms with Crippen molar-refractivity contribution in [1.29, 1.82) is 0 Å². The highest BCUT2D eigenvalue weighted by molar-refractivity contribution is 5.95. The number of hydrogen-bond donors (Lipinski definition) is 3. The molecule has 3 aromatic rings. The summed E-state index contributed by atoms with van der Waals surface area (Å²) in [5.74, 6) is -1.02. The van der Waals surface area contributed by atoms with Crippen LogP contribution in [-0.4, -0.2) is 28.9 Å². The Kier molecular flexibility index (Phi) is 6.29. The van der Waals surface area contributed by atoms with Crippen molar-refractivity contribution >= 4 is 40.1 Å². The average molecular weight is 393 g/mol. The molecule has 0 aliphatic heterocycles. The van der Waals surface area contributed by atoms with Crippen molar-refractivity contribution in [3.8, 4) is 0 Å². The van der Waals surface area contributed by atoms with Gasteiger partial charge in [-0.2, -0.15) is 0 Å². The number of ether oxygens (including phenoxy) is 1. The number of aromatic amines is 1. The lowest BCUT2D eigenvalue weighted by atomic mass is 10.1. The molecule has 2 amide bonds. The SMILES string of the molecule is CC(=O)Nc1ccc(NC(=O)[C@@H](C)OC(=O)CCc2c[nH]c3ccccc23)cc1. The minimum atomic E-state index is -0.916. The van der Waals surface area contributed by atoms with E-state index in [0.29, 0.717) is 17.8 Å². The number of carbonyl (C=O) groups excluding carboxylic acids is 3. The van der Waals surface area contributed by atoms with Crippen LogP contribution in [0.5, 0.6) is 0 Å². The first kappa shape index (κ1) is 20.1. The lowest BCUT2D eigenvalue weighted by Crippen LogP contribution is -2.30. The summed E-state index contributed by atoms with van der Waals surface area (Å²) >= 11 is 0. The van der Waals surface area contributed by atoms with Crippen LogP contribution in [0.1, 0.15) is 25.8 Å². The third-order valence-corrected chi connectivity index (χ3v) is 4.42. The highest BCUT2D eigenvalue weighted by Gasteiger charge is 2.18. The Morgan fingerprint density at radius 1 is 1.00 bits per heavy atom. The van der Waals surface area contributed by atoms with Crippen LogP contribution in [0.2, 0.25) is 0 Å². The summed E-state index contributed by atoms with van der Waals surface area (Å²) in [7, 11) is 0. The number of para-hydroxylation sites is 1. The van der Waals surface area contributed by atoms with E-state index in [1.807, 2.05) is 30.5 Å². The monoisotopic (exact) mass is 393 g/mol. The molecule has 2 aromatic carbocycles. The fourth-order valence-electron chi connectivity index (χ4n) is 2.97. The van der Waals surface area contributed by atoms with Gasteiger partial charge in [-0.15, -0.1) is 0 Å². The second-order valence-corrected chi connectivity index (χ2v) is 6.74. The number of amides is 2. The largest absolute Gasteiger partial charge is 0.453 e. The van der Waals surface area contributed by atoms with E-state index in [2.05, 4.69) is 15.6 Å². The highest BCUT2D eigenvalue weighted by Crippen LogP contribution is 2.19. The molecule has 0 unspecified atom stereocenters. The van der Waals surface area contributed by atoms with E-state index in [4.69, 9.17) is 4.74 Å². The maximum Gasteiger partial charge on any atom is 0.306 e. The van der Waals surface area contributed by atoms with Crippen LogP contribution < -0.4 is 10.6 Å². The van der Waals surface area contributed by atoms with E-state index in [-0.39, 0.29) is 12.3 Å². The van der Waals surface area contributed by atoms with Gasteiger partial charge in [0.1, 0.15) is 0 Å². The van der Waals surface area contributed by atoms with Crippen LogP contribution in [0.4, 0.5) is 11.4 Å². The van der Waals surface area contributed by atoms with Gasteiger partial charge in [-0.05, 0) is 49.2 Å². The Morgan fingerprint density at radius 2 is 1.66 bits per heavy atom. The molecule has 0 aliphatic rings. The second-order valence-electron chi connectivity index (χ2n) is 6.74. The van der Waals surface area contributed by atoms with Crippen molar-refractivity contribution in [1.82, 2.24) is 4.98 Å². The summed E-state index contributed by atoms with van der Waals surface area (Å²) in [6, 6.07) is 14.6. The number of carbonyl (C=O) groups is 3. The standard InChI is InChI=1S/C22H23N3O4/c1-14(22(28)25-18-10-8-17(9-11-18)24-15(2)26)29-21(27)12-7-16-13-23-20-6-4-3-5-19(16)20/h3-6,8-11,13-14,23H,7,12H2,1-2H3,(H,24,26)(H,25,28)/t14-/m1/s1. The van der Waals surface area contributed by atoms with Gasteiger partial charge in [-0.3, -0.25) is 14.4 Å². The molecule has 0 aliphatic carbocycles. The van der Waals surface area contributed by atoms with Gasteiger partial charge in [0.05, 0.1) is 0 Å². The molecule has 0 bridgehead atoms. The van der Waals surface area contributed by atoms with Gasteiger partial charge in [0, 0.05) is 41.8 Å². The van der Waals surface area contributed by atoms with Crippen molar-refractivity contribution in [2.24, 2.45) is 0 Å². The minimum Gasteiger partial charge on any atom is -0.453 e. The zero-order valence-electron chi connectivity index (χ0n) is 16.3. The lowest BCUT2D eigenvalue weighted by molar-refractivity contribution is -0.153. The number of nitrogens with one attached hydrogen (secondary N) is 3. The Morgan fingerprint density at radius 3 is 2.34 bits per heavy atom. The number of aryl methyl sites for hydroxylation is 1. The molecule has 7 heteroatoms. The fraction of sp³-hybridized carbons (Fsp3) is 0.227. The zero-order valence-corrected chi connectivity index (χ0v) is 16.3. The maximum absolute atomic E-state index is 12.3. The molecule has 150 valence electrons. The third-order valence-electron chi connectivity index (χ3n) is 4.42. The minimum absolute atomic E-state index is 0.171. The fourth-order valence-corrected chi connectivity index (χ4v) is 2.97. The molecule has 0 radical (unpaired) electrons. The topological polar surface area (TPSA) is 100 Å². The van der Waals surface area contributed by atoms with Crippen LogP contribution in [0.15, 0.2) is 54.7 Å². The predicted octanol–water partition coefficient (Wildman–Crippen LogP) is 3.63. The first-order chi connectivity index (χ1) is 13.9. The summed E-state index contributed by atoms with van der Waals surface area (Å²) < 4.78 is 5.25. The molecule has 0 fully saturated rings. The molecular weight excluding hydrogens is 370 g/mol. The smallest absolute Gasteiger partial charge is 0.306 e. The van der Waals surface area contributed by atoms with E-state index in [9.17, 15) is 14.4 Å². The van der Waals surface area contributed by atoms with Crippen LogP contribution in [-0.2, 0) is 25.5 Å². The summed E-state index contributed by atoms with van der Waals surface area (Å²) in [4.78, 5) is 38.6. The molecule has 7 nitrogen and oxygen atoms in total. The van der Waals surface area contributed by atoms with Gasteiger partial charge in [-0.1, -0.05) is 18.2 Å². The number of esters is 1. The number of aromatic nitrogens is 1.